The molecule has 0 radical (unpaired) electrons. The molecule has 0 unspecified atom stereocenters. The van der Waals surface area contributed by atoms with Crippen molar-refractivity contribution >= 4 is 45.3 Å². The van der Waals surface area contributed by atoms with E-state index in [1.165, 1.54) is 24.4 Å². The lowest BCUT2D eigenvalue weighted by molar-refractivity contribution is -0.384. The summed E-state index contributed by atoms with van der Waals surface area (Å²) >= 11 is 9.21. The minimum Gasteiger partial charge on any atom is -0.484 e. The van der Waals surface area contributed by atoms with Crippen molar-refractivity contribution in [1.82, 2.24) is 5.43 Å². The quantitative estimate of drug-likeness (QED) is 0.446. The van der Waals surface area contributed by atoms with Crippen LogP contribution >= 0.6 is 27.5 Å². The van der Waals surface area contributed by atoms with Crippen LogP contribution in [0.25, 0.3) is 0 Å². The molecule has 0 aliphatic carbocycles. The van der Waals surface area contributed by atoms with Gasteiger partial charge in [0, 0.05) is 27.2 Å². The highest BCUT2D eigenvalue weighted by atomic mass is 79.9. The number of hydrazone groups is 1. The number of benzene rings is 2. The molecule has 0 saturated carbocycles. The second-order valence-corrected chi connectivity index (χ2v) is 5.82. The summed E-state index contributed by atoms with van der Waals surface area (Å²) in [5.74, 6) is 0.0646. The zero-order chi connectivity index (χ0) is 17.5. The van der Waals surface area contributed by atoms with Gasteiger partial charge in [0.2, 0.25) is 0 Å². The zero-order valence-electron chi connectivity index (χ0n) is 12.1. The summed E-state index contributed by atoms with van der Waals surface area (Å²) < 4.78 is 6.18. The summed E-state index contributed by atoms with van der Waals surface area (Å²) in [5.41, 5.74) is 2.46. The van der Waals surface area contributed by atoms with Crippen LogP contribution in [0.2, 0.25) is 5.02 Å². The van der Waals surface area contributed by atoms with E-state index in [-0.39, 0.29) is 17.3 Å². The van der Waals surface area contributed by atoms with Gasteiger partial charge in [0.1, 0.15) is 5.75 Å². The Bertz CT molecular complexity index is 781. The van der Waals surface area contributed by atoms with Gasteiger partial charge < -0.3 is 4.74 Å². The highest BCUT2D eigenvalue weighted by Crippen LogP contribution is 2.20. The van der Waals surface area contributed by atoms with Crippen molar-refractivity contribution in [3.63, 3.8) is 0 Å². The molecule has 2 aromatic rings. The number of nitrogens with zero attached hydrogens (tertiary/aromatic N) is 2. The number of halogens is 2. The van der Waals surface area contributed by atoms with Crippen LogP contribution in [-0.2, 0) is 4.79 Å². The van der Waals surface area contributed by atoms with Crippen LogP contribution in [0, 0.1) is 10.1 Å². The summed E-state index contributed by atoms with van der Waals surface area (Å²) in [6, 6.07) is 10.9. The molecule has 124 valence electrons. The summed E-state index contributed by atoms with van der Waals surface area (Å²) in [7, 11) is 0. The Morgan fingerprint density at radius 2 is 2.04 bits per heavy atom. The molecule has 0 saturated heterocycles. The van der Waals surface area contributed by atoms with Gasteiger partial charge in [-0.1, -0.05) is 27.5 Å². The molecule has 2 rings (SSSR count). The van der Waals surface area contributed by atoms with Crippen molar-refractivity contribution in [2.45, 2.75) is 0 Å². The summed E-state index contributed by atoms with van der Waals surface area (Å²) in [6.07, 6.45) is 1.23. The molecule has 2 aromatic carbocycles. The number of nitro benzene ring substituents is 1. The van der Waals surface area contributed by atoms with Crippen molar-refractivity contribution in [3.8, 4) is 5.75 Å². The topological polar surface area (TPSA) is 93.8 Å². The average molecular weight is 413 g/mol. The van der Waals surface area contributed by atoms with Crippen LogP contribution in [0.15, 0.2) is 52.0 Å². The molecule has 0 spiro atoms. The largest absolute Gasteiger partial charge is 0.484 e. The summed E-state index contributed by atoms with van der Waals surface area (Å²) in [5, 5.41) is 14.7. The average Bonchev–Trinajstić information content (AvgIpc) is 2.56. The highest BCUT2D eigenvalue weighted by molar-refractivity contribution is 9.10. The number of carbonyl (C=O) groups is 1. The maximum atomic E-state index is 11.6. The molecule has 7 nitrogen and oxygen atoms in total. The van der Waals surface area contributed by atoms with Crippen molar-refractivity contribution in [2.75, 3.05) is 6.61 Å². The zero-order valence-corrected chi connectivity index (χ0v) is 14.5. The van der Waals surface area contributed by atoms with E-state index < -0.39 is 10.8 Å². The predicted molar refractivity (Wildman–Crippen MR) is 93.5 cm³/mol. The number of carbonyl (C=O) groups excluding carboxylic acids is 1. The van der Waals surface area contributed by atoms with Crippen LogP contribution in [0.5, 0.6) is 5.75 Å². The molecule has 1 amide bonds. The molecular formula is C15H11BrClN3O4. The van der Waals surface area contributed by atoms with Crippen molar-refractivity contribution < 1.29 is 14.5 Å². The minimum absolute atomic E-state index is 0.120. The Labute approximate surface area is 150 Å². The normalized spacial score (nSPS) is 10.6. The Kier molecular flexibility index (Phi) is 6.28. The third-order valence-electron chi connectivity index (χ3n) is 2.77. The molecule has 0 bridgehead atoms. The van der Waals surface area contributed by atoms with E-state index in [0.29, 0.717) is 11.3 Å². The van der Waals surface area contributed by atoms with Crippen LogP contribution in [0.4, 0.5) is 5.69 Å². The van der Waals surface area contributed by atoms with E-state index in [9.17, 15) is 14.9 Å². The summed E-state index contributed by atoms with van der Waals surface area (Å²) in [4.78, 5) is 21.8. The van der Waals surface area contributed by atoms with E-state index in [2.05, 4.69) is 26.5 Å². The van der Waals surface area contributed by atoms with Gasteiger partial charge in [0.05, 0.1) is 11.1 Å². The van der Waals surface area contributed by atoms with Gasteiger partial charge in [-0.05, 0) is 30.3 Å². The van der Waals surface area contributed by atoms with Crippen LogP contribution in [-0.4, -0.2) is 23.7 Å². The predicted octanol–water partition coefficient (Wildman–Crippen LogP) is 3.54. The lowest BCUT2D eigenvalue weighted by atomic mass is 10.2. The maximum absolute atomic E-state index is 11.6. The fraction of sp³-hybridized carbons (Fsp3) is 0.0667. The van der Waals surface area contributed by atoms with Gasteiger partial charge in [-0.15, -0.1) is 0 Å². The monoisotopic (exact) mass is 411 g/mol. The molecule has 24 heavy (non-hydrogen) atoms. The van der Waals surface area contributed by atoms with Gasteiger partial charge in [-0.25, -0.2) is 5.43 Å². The number of non-ortho nitro benzene ring substituents is 1. The van der Waals surface area contributed by atoms with E-state index in [1.807, 2.05) is 0 Å². The number of rotatable bonds is 6. The maximum Gasteiger partial charge on any atom is 0.277 e. The van der Waals surface area contributed by atoms with Crippen LogP contribution < -0.4 is 10.2 Å². The molecular weight excluding hydrogens is 402 g/mol. The summed E-state index contributed by atoms with van der Waals surface area (Å²) in [6.45, 7) is -0.221. The molecule has 0 aliphatic rings. The fourth-order valence-electron chi connectivity index (χ4n) is 1.63. The van der Waals surface area contributed by atoms with E-state index in [4.69, 9.17) is 16.3 Å². The standard InChI is InChI=1S/C15H11BrClN3O4/c16-11-1-4-13(5-2-11)24-9-15(21)19-18-8-10-7-12(20(22)23)3-6-14(10)17/h1-8H,9H2,(H,19,21)/b18-8+. The Hall–Kier alpha value is -2.45. The van der Waals surface area contributed by atoms with Gasteiger partial charge >= 0.3 is 0 Å². The molecule has 9 heteroatoms. The molecule has 0 fully saturated rings. The van der Waals surface area contributed by atoms with Crippen LogP contribution in [0.1, 0.15) is 5.56 Å². The number of amides is 1. The minimum atomic E-state index is -0.543. The molecule has 0 aromatic heterocycles. The number of hydrogen-bond donors (Lipinski definition) is 1. The second kappa shape index (κ2) is 8.42. The van der Waals surface area contributed by atoms with Gasteiger partial charge in [-0.2, -0.15) is 5.10 Å². The Morgan fingerprint density at radius 1 is 1.33 bits per heavy atom. The SMILES string of the molecule is O=C(COc1ccc(Br)cc1)N/N=C/c1cc([N+](=O)[O-])ccc1Cl. The first-order valence-corrected chi connectivity index (χ1v) is 7.77. The number of ether oxygens (including phenoxy) is 1. The Morgan fingerprint density at radius 3 is 2.71 bits per heavy atom. The first kappa shape index (κ1) is 17.9. The van der Waals surface area contributed by atoms with Crippen molar-refractivity contribution in [2.24, 2.45) is 5.10 Å². The molecule has 0 atom stereocenters. The van der Waals surface area contributed by atoms with Crippen LogP contribution in [0.3, 0.4) is 0 Å². The highest BCUT2D eigenvalue weighted by Gasteiger charge is 2.08. The number of hydrogen-bond acceptors (Lipinski definition) is 5. The first-order valence-electron chi connectivity index (χ1n) is 6.60. The molecule has 0 heterocycles. The third kappa shape index (κ3) is 5.32. The first-order chi connectivity index (χ1) is 11.5. The lowest BCUT2D eigenvalue weighted by Gasteiger charge is -2.04. The van der Waals surface area contributed by atoms with Gasteiger partial charge in [0.25, 0.3) is 11.6 Å². The molecule has 0 aliphatic heterocycles. The smallest absolute Gasteiger partial charge is 0.277 e. The van der Waals surface area contributed by atoms with Crippen molar-refractivity contribution in [3.05, 3.63) is 67.6 Å². The van der Waals surface area contributed by atoms with E-state index >= 15 is 0 Å². The lowest BCUT2D eigenvalue weighted by Crippen LogP contribution is -2.24. The number of nitrogens with one attached hydrogen (secondary N) is 1. The van der Waals surface area contributed by atoms with Gasteiger partial charge in [-0.3, -0.25) is 14.9 Å². The molecule has 1 N–H and O–H groups in total. The van der Waals surface area contributed by atoms with E-state index in [1.54, 1.807) is 24.3 Å². The van der Waals surface area contributed by atoms with E-state index in [0.717, 1.165) is 4.47 Å². The van der Waals surface area contributed by atoms with Gasteiger partial charge in [0.15, 0.2) is 6.61 Å². The Balaban J connectivity index is 1.89. The number of nitro groups is 1. The third-order valence-corrected chi connectivity index (χ3v) is 3.64. The fourth-order valence-corrected chi connectivity index (χ4v) is 2.06. The second-order valence-electron chi connectivity index (χ2n) is 4.50. The van der Waals surface area contributed by atoms with Crippen molar-refractivity contribution in [1.29, 1.82) is 0 Å².